The van der Waals surface area contributed by atoms with Gasteiger partial charge in [0, 0.05) is 31.1 Å². The van der Waals surface area contributed by atoms with Gasteiger partial charge in [-0.15, -0.1) is 0 Å². The van der Waals surface area contributed by atoms with Crippen LogP contribution >= 0.6 is 11.6 Å². The predicted octanol–water partition coefficient (Wildman–Crippen LogP) is 7.25. The number of hydrogen-bond acceptors (Lipinski definition) is 8. The first-order chi connectivity index (χ1) is 26.3. The molecular formula is C39H39ClF2N6O7S. The molecule has 0 aliphatic rings. The van der Waals surface area contributed by atoms with Crippen molar-refractivity contribution in [2.75, 3.05) is 24.8 Å². The van der Waals surface area contributed by atoms with Gasteiger partial charge in [0.1, 0.15) is 29.0 Å². The van der Waals surface area contributed by atoms with E-state index in [9.17, 15) is 31.9 Å². The Morgan fingerprint density at radius 3 is 2.14 bits per heavy atom. The number of fused-ring (bicyclic) bond motifs is 2. The Morgan fingerprint density at radius 1 is 0.946 bits per heavy atom. The molecule has 1 amide bonds. The van der Waals surface area contributed by atoms with Crippen LogP contribution in [0, 0.1) is 11.6 Å². The highest BCUT2D eigenvalue weighted by molar-refractivity contribution is 7.92. The van der Waals surface area contributed by atoms with Gasteiger partial charge in [-0.1, -0.05) is 23.7 Å². The van der Waals surface area contributed by atoms with Crippen LogP contribution in [0.25, 0.3) is 27.5 Å². The largest absolute Gasteiger partial charge is 0.497 e. The molecule has 2 heterocycles. The van der Waals surface area contributed by atoms with Crippen LogP contribution in [0.2, 0.25) is 5.02 Å². The Morgan fingerprint density at radius 2 is 1.57 bits per heavy atom. The molecule has 0 aliphatic carbocycles. The van der Waals surface area contributed by atoms with Gasteiger partial charge in [0.15, 0.2) is 5.82 Å². The lowest BCUT2D eigenvalue weighted by molar-refractivity contribution is 0.0660. The summed E-state index contributed by atoms with van der Waals surface area (Å²) >= 11 is 6.87. The zero-order valence-electron chi connectivity index (χ0n) is 31.5. The Labute approximate surface area is 326 Å². The maximum absolute atomic E-state index is 14.9. The monoisotopic (exact) mass is 808 g/mol. The van der Waals surface area contributed by atoms with E-state index in [0.717, 1.165) is 27.6 Å². The van der Waals surface area contributed by atoms with Crippen LogP contribution in [0.1, 0.15) is 43.8 Å². The second-order valence-corrected chi connectivity index (χ2v) is 16.5. The van der Waals surface area contributed by atoms with Crippen LogP contribution in [0.3, 0.4) is 0 Å². The standard InChI is InChI=1S/C39H39ClF2N6O7S/c1-39(2,3)48(38(50)51)32(18-23-16-24(41)19-25(42)17-23)35-43-30-20-27(55-6)12-13-28(30)37(49)47(35)31-15-14-29(40)33-34(31)45(4)44-36(33)46(56(7,52)53)21-22-8-10-26(54-5)11-9-22/h8-17,19-20,32H,18,21H2,1-7H3,(H,50,51)/t32-/m0/s1. The summed E-state index contributed by atoms with van der Waals surface area (Å²) in [6.07, 6.45) is -0.666. The van der Waals surface area contributed by atoms with Gasteiger partial charge in [0.2, 0.25) is 10.0 Å². The fourth-order valence-electron chi connectivity index (χ4n) is 6.84. The average molecular weight is 809 g/mol. The van der Waals surface area contributed by atoms with Gasteiger partial charge in [0.25, 0.3) is 5.56 Å². The van der Waals surface area contributed by atoms with E-state index in [1.54, 1.807) is 58.2 Å². The summed E-state index contributed by atoms with van der Waals surface area (Å²) in [6, 6.07) is 16.0. The Kier molecular flexibility index (Phi) is 10.7. The summed E-state index contributed by atoms with van der Waals surface area (Å²) in [4.78, 5) is 34.1. The molecule has 0 bridgehead atoms. The summed E-state index contributed by atoms with van der Waals surface area (Å²) < 4.78 is 70.5. The SMILES string of the molecule is COc1ccc(CN(c2nn(C)c3c(-n4c([C@H](Cc5cc(F)cc(F)c5)N(C(=O)O)C(C)(C)C)nc5cc(OC)ccc5c4=O)ccc(Cl)c23)S(C)(=O)=O)cc1. The van der Waals surface area contributed by atoms with E-state index in [-0.39, 0.29) is 62.7 Å². The lowest BCUT2D eigenvalue weighted by Gasteiger charge is -2.40. The summed E-state index contributed by atoms with van der Waals surface area (Å²) in [5, 5.41) is 15.8. The second kappa shape index (κ2) is 15.1. The van der Waals surface area contributed by atoms with Crippen molar-refractivity contribution in [3.8, 4) is 17.2 Å². The van der Waals surface area contributed by atoms with Crippen molar-refractivity contribution < 1.29 is 36.6 Å². The molecule has 0 saturated heterocycles. The molecule has 0 fully saturated rings. The molecule has 1 N–H and O–H groups in total. The summed E-state index contributed by atoms with van der Waals surface area (Å²) in [6.45, 7) is 4.79. The van der Waals surface area contributed by atoms with Crippen LogP contribution in [-0.2, 0) is 30.0 Å². The lowest BCUT2D eigenvalue weighted by atomic mass is 9.97. The number of hydrogen-bond donors (Lipinski definition) is 1. The molecule has 6 aromatic rings. The van der Waals surface area contributed by atoms with Crippen molar-refractivity contribution in [1.29, 1.82) is 0 Å². The molecule has 2 aromatic heterocycles. The number of amides is 1. The number of sulfonamides is 1. The van der Waals surface area contributed by atoms with Crippen molar-refractivity contribution >= 4 is 55.3 Å². The van der Waals surface area contributed by atoms with Gasteiger partial charge < -0.3 is 14.6 Å². The fourth-order valence-corrected chi connectivity index (χ4v) is 7.91. The first-order valence-corrected chi connectivity index (χ1v) is 19.4. The molecule has 0 radical (unpaired) electrons. The number of nitrogens with zero attached hydrogens (tertiary/aromatic N) is 6. The lowest BCUT2D eigenvalue weighted by Crippen LogP contribution is -2.49. The minimum atomic E-state index is -4.01. The number of ether oxygens (including phenoxy) is 2. The molecule has 0 spiro atoms. The maximum Gasteiger partial charge on any atom is 0.408 e. The van der Waals surface area contributed by atoms with Crippen molar-refractivity contribution in [3.63, 3.8) is 0 Å². The fraction of sp³-hybridized carbons (Fsp3) is 0.282. The van der Waals surface area contributed by atoms with E-state index in [1.165, 1.54) is 47.7 Å². The maximum atomic E-state index is 14.9. The number of carbonyl (C=O) groups is 1. The predicted molar refractivity (Wildman–Crippen MR) is 210 cm³/mol. The third kappa shape index (κ3) is 7.71. The molecule has 0 saturated carbocycles. The summed E-state index contributed by atoms with van der Waals surface area (Å²) in [5.41, 5.74) is -0.560. The second-order valence-electron chi connectivity index (χ2n) is 14.2. The number of anilines is 1. The minimum Gasteiger partial charge on any atom is -0.497 e. The van der Waals surface area contributed by atoms with E-state index >= 15 is 0 Å². The number of carboxylic acid groups (broad SMARTS) is 1. The average Bonchev–Trinajstić information content (AvgIpc) is 3.46. The summed E-state index contributed by atoms with van der Waals surface area (Å²) in [5.74, 6) is -0.954. The van der Waals surface area contributed by atoms with Crippen LogP contribution in [0.4, 0.5) is 19.4 Å². The number of aryl methyl sites for hydroxylation is 1. The molecular weight excluding hydrogens is 770 g/mol. The van der Waals surface area contributed by atoms with Gasteiger partial charge in [-0.3, -0.25) is 18.9 Å². The third-order valence-corrected chi connectivity index (χ3v) is 10.7. The molecule has 13 nitrogen and oxygen atoms in total. The number of aromatic nitrogens is 4. The quantitative estimate of drug-likeness (QED) is 0.143. The first kappa shape index (κ1) is 39.9. The molecule has 56 heavy (non-hydrogen) atoms. The third-order valence-electron chi connectivity index (χ3n) is 9.25. The molecule has 17 heteroatoms. The van der Waals surface area contributed by atoms with Gasteiger partial charge in [-0.25, -0.2) is 31.3 Å². The Hall–Kier alpha value is -5.74. The van der Waals surface area contributed by atoms with Crippen molar-refractivity contribution in [1.82, 2.24) is 24.2 Å². The Bertz CT molecular complexity index is 2640. The van der Waals surface area contributed by atoms with Crippen LogP contribution in [0.15, 0.2) is 77.6 Å². The van der Waals surface area contributed by atoms with Crippen molar-refractivity contribution in [3.05, 3.63) is 117 Å². The zero-order valence-corrected chi connectivity index (χ0v) is 33.1. The number of halogens is 3. The van der Waals surface area contributed by atoms with E-state index in [4.69, 9.17) is 26.1 Å². The smallest absolute Gasteiger partial charge is 0.408 e. The molecule has 0 unspecified atom stereocenters. The van der Waals surface area contributed by atoms with E-state index in [2.05, 4.69) is 5.10 Å². The van der Waals surface area contributed by atoms with E-state index in [0.29, 0.717) is 23.1 Å². The number of benzene rings is 4. The molecule has 6 rings (SSSR count). The van der Waals surface area contributed by atoms with Gasteiger partial charge >= 0.3 is 6.09 Å². The first-order valence-electron chi connectivity index (χ1n) is 17.2. The van der Waals surface area contributed by atoms with Gasteiger partial charge in [-0.2, -0.15) is 5.10 Å². The zero-order chi connectivity index (χ0) is 40.9. The normalized spacial score (nSPS) is 12.5. The van der Waals surface area contributed by atoms with Crippen LogP contribution in [-0.4, -0.2) is 69.9 Å². The van der Waals surface area contributed by atoms with Crippen LogP contribution in [0.5, 0.6) is 11.5 Å². The van der Waals surface area contributed by atoms with Crippen molar-refractivity contribution in [2.24, 2.45) is 7.05 Å². The Balaban J connectivity index is 1.70. The molecule has 4 aromatic carbocycles. The van der Waals surface area contributed by atoms with E-state index < -0.39 is 44.9 Å². The molecule has 0 aliphatic heterocycles. The van der Waals surface area contributed by atoms with Crippen LogP contribution < -0.4 is 19.3 Å². The number of rotatable bonds is 11. The number of methoxy groups -OCH3 is 2. The summed E-state index contributed by atoms with van der Waals surface area (Å²) in [7, 11) is 0.500. The highest BCUT2D eigenvalue weighted by Gasteiger charge is 2.38. The highest BCUT2D eigenvalue weighted by Crippen LogP contribution is 2.39. The van der Waals surface area contributed by atoms with Gasteiger partial charge in [-0.05, 0) is 80.4 Å². The van der Waals surface area contributed by atoms with Crippen molar-refractivity contribution in [2.45, 2.75) is 45.3 Å². The molecule has 294 valence electrons. The van der Waals surface area contributed by atoms with E-state index in [1.807, 2.05) is 0 Å². The topological polar surface area (TPSA) is 149 Å². The minimum absolute atomic E-state index is 0.0330. The highest BCUT2D eigenvalue weighted by atomic mass is 35.5. The molecule has 1 atom stereocenters. The van der Waals surface area contributed by atoms with Gasteiger partial charge in [0.05, 0.1) is 65.6 Å².